The number of fused-ring (bicyclic) bond motifs is 1. The Balaban J connectivity index is 1.88. The van der Waals surface area contributed by atoms with Crippen molar-refractivity contribution >= 4 is 0 Å². The Morgan fingerprint density at radius 1 is 1.41 bits per heavy atom. The van der Waals surface area contributed by atoms with Crippen molar-refractivity contribution in [3.05, 3.63) is 29.3 Å². The second kappa shape index (κ2) is 5.09. The summed E-state index contributed by atoms with van der Waals surface area (Å²) in [7, 11) is 0. The second-order valence-corrected chi connectivity index (χ2v) is 5.54. The van der Waals surface area contributed by atoms with Gasteiger partial charge in [0.05, 0.1) is 0 Å². The molecule has 2 nitrogen and oxygen atoms in total. The maximum atomic E-state index is 6.07. The summed E-state index contributed by atoms with van der Waals surface area (Å²) in [6.45, 7) is 6.48. The minimum Gasteiger partial charge on any atom is -0.490 e. The van der Waals surface area contributed by atoms with Gasteiger partial charge in [-0.25, -0.2) is 0 Å². The summed E-state index contributed by atoms with van der Waals surface area (Å²) in [6, 6.07) is 6.73. The van der Waals surface area contributed by atoms with Crippen molar-refractivity contribution in [3.63, 3.8) is 0 Å². The smallest absolute Gasteiger partial charge is 0.123 e. The van der Waals surface area contributed by atoms with E-state index in [1.807, 2.05) is 0 Å². The monoisotopic (exact) mass is 233 g/mol. The van der Waals surface area contributed by atoms with Crippen molar-refractivity contribution in [1.29, 1.82) is 0 Å². The zero-order valence-corrected chi connectivity index (χ0v) is 11.1. The van der Waals surface area contributed by atoms with Gasteiger partial charge < -0.3 is 10.5 Å². The molecule has 1 aliphatic rings. The summed E-state index contributed by atoms with van der Waals surface area (Å²) in [5, 5.41) is 0. The summed E-state index contributed by atoms with van der Waals surface area (Å²) < 4.78 is 5.94. The van der Waals surface area contributed by atoms with Gasteiger partial charge in [-0.15, -0.1) is 0 Å². The lowest BCUT2D eigenvalue weighted by molar-refractivity contribution is 0.210. The average molecular weight is 233 g/mol. The molecule has 0 fully saturated rings. The highest BCUT2D eigenvalue weighted by Gasteiger charge is 2.23. The molecule has 2 heteroatoms. The molecular weight excluding hydrogens is 210 g/mol. The first-order chi connectivity index (χ1) is 8.06. The molecule has 0 saturated carbocycles. The van der Waals surface area contributed by atoms with Gasteiger partial charge in [-0.3, -0.25) is 0 Å². The number of nitrogens with two attached hydrogens (primary N) is 1. The Labute approximate surface area is 104 Å². The third-order valence-corrected chi connectivity index (χ3v) is 3.64. The predicted octanol–water partition coefficient (Wildman–Crippen LogP) is 3.06. The molecule has 2 rings (SSSR count). The van der Waals surface area contributed by atoms with Gasteiger partial charge >= 0.3 is 0 Å². The van der Waals surface area contributed by atoms with Crippen LogP contribution in [0.1, 0.15) is 37.8 Å². The zero-order valence-electron chi connectivity index (χ0n) is 11.1. The Morgan fingerprint density at radius 3 is 2.88 bits per heavy atom. The molecule has 0 saturated heterocycles. The average Bonchev–Trinajstić information content (AvgIpc) is 2.67. The molecule has 0 bridgehead atoms. The SMILES string of the molecule is Cc1ccc2c(c1)CC(CCC(N)C(C)C)O2. The third kappa shape index (κ3) is 3.01. The quantitative estimate of drug-likeness (QED) is 0.867. The van der Waals surface area contributed by atoms with Crippen LogP contribution >= 0.6 is 0 Å². The Morgan fingerprint density at radius 2 is 2.18 bits per heavy atom. The standard InChI is InChI=1S/C15H23NO/c1-10(2)14(16)6-5-13-9-12-8-11(3)4-7-15(12)17-13/h4,7-8,10,13-14H,5-6,9,16H2,1-3H3. The molecule has 2 atom stereocenters. The lowest BCUT2D eigenvalue weighted by Gasteiger charge is -2.17. The fourth-order valence-corrected chi connectivity index (χ4v) is 2.32. The zero-order chi connectivity index (χ0) is 12.4. The van der Waals surface area contributed by atoms with Gasteiger partial charge in [-0.1, -0.05) is 31.5 Å². The van der Waals surface area contributed by atoms with Crippen LogP contribution in [0.5, 0.6) is 5.75 Å². The maximum absolute atomic E-state index is 6.07. The van der Waals surface area contributed by atoms with Gasteiger partial charge in [-0.05, 0) is 37.3 Å². The van der Waals surface area contributed by atoms with Gasteiger partial charge in [0.2, 0.25) is 0 Å². The van der Waals surface area contributed by atoms with E-state index in [0.717, 1.165) is 25.0 Å². The Bertz CT molecular complexity index is 387. The van der Waals surface area contributed by atoms with Crippen LogP contribution in [0.25, 0.3) is 0 Å². The normalized spacial score (nSPS) is 20.2. The van der Waals surface area contributed by atoms with Gasteiger partial charge in [0.25, 0.3) is 0 Å². The largest absolute Gasteiger partial charge is 0.490 e. The summed E-state index contributed by atoms with van der Waals surface area (Å²) in [5.41, 5.74) is 8.73. The van der Waals surface area contributed by atoms with Crippen molar-refractivity contribution in [1.82, 2.24) is 0 Å². The molecule has 0 radical (unpaired) electrons. The second-order valence-electron chi connectivity index (χ2n) is 5.54. The Hall–Kier alpha value is -1.02. The number of ether oxygens (including phenoxy) is 1. The van der Waals surface area contributed by atoms with E-state index in [1.54, 1.807) is 0 Å². The number of hydrogen-bond acceptors (Lipinski definition) is 2. The van der Waals surface area contributed by atoms with Gasteiger partial charge in [-0.2, -0.15) is 0 Å². The van der Waals surface area contributed by atoms with E-state index in [4.69, 9.17) is 10.5 Å². The minimum atomic E-state index is 0.295. The van der Waals surface area contributed by atoms with E-state index >= 15 is 0 Å². The van der Waals surface area contributed by atoms with Crippen LogP contribution in [0.2, 0.25) is 0 Å². The first-order valence-electron chi connectivity index (χ1n) is 6.58. The van der Waals surface area contributed by atoms with Crippen LogP contribution in [-0.4, -0.2) is 12.1 Å². The molecule has 1 heterocycles. The molecule has 17 heavy (non-hydrogen) atoms. The predicted molar refractivity (Wildman–Crippen MR) is 71.3 cm³/mol. The molecule has 1 aromatic rings. The van der Waals surface area contributed by atoms with Crippen LogP contribution in [0.4, 0.5) is 0 Å². The first-order valence-corrected chi connectivity index (χ1v) is 6.58. The highest BCUT2D eigenvalue weighted by molar-refractivity contribution is 5.40. The fourth-order valence-electron chi connectivity index (χ4n) is 2.32. The van der Waals surface area contributed by atoms with Crippen LogP contribution in [0, 0.1) is 12.8 Å². The number of aryl methyl sites for hydroxylation is 1. The minimum absolute atomic E-state index is 0.295. The summed E-state index contributed by atoms with van der Waals surface area (Å²) in [5.74, 6) is 1.62. The summed E-state index contributed by atoms with van der Waals surface area (Å²) >= 11 is 0. The van der Waals surface area contributed by atoms with Crippen LogP contribution in [-0.2, 0) is 6.42 Å². The van der Waals surface area contributed by atoms with Crippen molar-refractivity contribution in [2.24, 2.45) is 11.7 Å². The van der Waals surface area contributed by atoms with Crippen LogP contribution < -0.4 is 10.5 Å². The highest BCUT2D eigenvalue weighted by Crippen LogP contribution is 2.31. The van der Waals surface area contributed by atoms with E-state index in [1.165, 1.54) is 11.1 Å². The summed E-state index contributed by atoms with van der Waals surface area (Å²) in [6.07, 6.45) is 3.49. The van der Waals surface area contributed by atoms with Gasteiger partial charge in [0, 0.05) is 12.5 Å². The van der Waals surface area contributed by atoms with E-state index < -0.39 is 0 Å². The van der Waals surface area contributed by atoms with Gasteiger partial charge in [0.1, 0.15) is 11.9 Å². The van der Waals surface area contributed by atoms with Gasteiger partial charge in [0.15, 0.2) is 0 Å². The number of rotatable bonds is 4. The molecule has 2 unspecified atom stereocenters. The van der Waals surface area contributed by atoms with Crippen LogP contribution in [0.15, 0.2) is 18.2 Å². The number of benzene rings is 1. The molecule has 94 valence electrons. The molecule has 1 aliphatic heterocycles. The molecule has 0 aromatic heterocycles. The molecular formula is C15H23NO. The van der Waals surface area contributed by atoms with E-state index in [9.17, 15) is 0 Å². The van der Waals surface area contributed by atoms with Crippen molar-refractivity contribution in [2.45, 2.75) is 52.2 Å². The molecule has 0 spiro atoms. The third-order valence-electron chi connectivity index (χ3n) is 3.64. The van der Waals surface area contributed by atoms with E-state index in [2.05, 4.69) is 39.0 Å². The Kier molecular flexibility index (Phi) is 3.72. The molecule has 2 N–H and O–H groups in total. The van der Waals surface area contributed by atoms with Crippen molar-refractivity contribution in [2.75, 3.05) is 0 Å². The van der Waals surface area contributed by atoms with Crippen molar-refractivity contribution < 1.29 is 4.74 Å². The summed E-state index contributed by atoms with van der Waals surface area (Å²) in [4.78, 5) is 0. The van der Waals surface area contributed by atoms with E-state index in [0.29, 0.717) is 18.1 Å². The highest BCUT2D eigenvalue weighted by atomic mass is 16.5. The first kappa shape index (κ1) is 12.4. The fraction of sp³-hybridized carbons (Fsp3) is 0.600. The molecule has 1 aromatic carbocycles. The molecule has 0 amide bonds. The van der Waals surface area contributed by atoms with Crippen molar-refractivity contribution in [3.8, 4) is 5.75 Å². The lowest BCUT2D eigenvalue weighted by Crippen LogP contribution is -2.28. The maximum Gasteiger partial charge on any atom is 0.123 e. The van der Waals surface area contributed by atoms with Crippen LogP contribution in [0.3, 0.4) is 0 Å². The van der Waals surface area contributed by atoms with E-state index in [-0.39, 0.29) is 0 Å². The number of hydrogen-bond donors (Lipinski definition) is 1. The lowest BCUT2D eigenvalue weighted by atomic mass is 9.97. The molecule has 0 aliphatic carbocycles. The topological polar surface area (TPSA) is 35.2 Å².